The molecule has 0 aliphatic carbocycles. The Morgan fingerprint density at radius 3 is 2.57 bits per heavy atom. The highest BCUT2D eigenvalue weighted by Gasteiger charge is 2.12. The summed E-state index contributed by atoms with van der Waals surface area (Å²) < 4.78 is 1.06. The number of hydrogen-bond donors (Lipinski definition) is 3. The van der Waals surface area contributed by atoms with Crippen LogP contribution in [-0.2, 0) is 6.54 Å². The van der Waals surface area contributed by atoms with Crippen LogP contribution in [0.4, 0.5) is 11.6 Å². The molecule has 0 fully saturated rings. The van der Waals surface area contributed by atoms with Crippen LogP contribution < -0.4 is 16.6 Å². The summed E-state index contributed by atoms with van der Waals surface area (Å²) in [5.41, 5.74) is 4.73. The number of nitrogens with two attached hydrogens (primary N) is 1. The molecule has 1 aromatic carbocycles. The number of hydrogen-bond acceptors (Lipinski definition) is 5. The first-order valence-corrected chi connectivity index (χ1v) is 7.64. The number of benzene rings is 1. The quantitative estimate of drug-likeness (QED) is 0.568. The number of nitrogen functional groups attached to an aromatic ring is 1. The standard InChI is InChI=1S/C15H20BrN5/c1-9(2)13-19-14(10(3)15(20-13)21-17)18-8-11-5-4-6-12(16)7-11/h4-7,9H,8,17H2,1-3H3,(H2,18,19,20,21). The van der Waals surface area contributed by atoms with Crippen molar-refractivity contribution in [3.8, 4) is 0 Å². The van der Waals surface area contributed by atoms with Gasteiger partial charge in [0.1, 0.15) is 17.5 Å². The average Bonchev–Trinajstić information content (AvgIpc) is 2.46. The van der Waals surface area contributed by atoms with Crippen molar-refractivity contribution in [3.63, 3.8) is 0 Å². The average molecular weight is 350 g/mol. The smallest absolute Gasteiger partial charge is 0.148 e. The fourth-order valence-corrected chi connectivity index (χ4v) is 2.38. The Labute approximate surface area is 133 Å². The van der Waals surface area contributed by atoms with Gasteiger partial charge in [-0.25, -0.2) is 15.8 Å². The second-order valence-electron chi connectivity index (χ2n) is 5.19. The molecule has 0 atom stereocenters. The molecule has 1 aromatic heterocycles. The highest BCUT2D eigenvalue weighted by molar-refractivity contribution is 9.10. The molecule has 0 unspecified atom stereocenters. The molecular weight excluding hydrogens is 330 g/mol. The van der Waals surface area contributed by atoms with Crippen LogP contribution in [0.15, 0.2) is 28.7 Å². The number of nitrogens with zero attached hydrogens (tertiary/aromatic N) is 2. The molecular formula is C15H20BrN5. The van der Waals surface area contributed by atoms with E-state index in [-0.39, 0.29) is 5.92 Å². The predicted molar refractivity (Wildman–Crippen MR) is 90.1 cm³/mol. The van der Waals surface area contributed by atoms with Gasteiger partial charge in [-0.05, 0) is 24.6 Å². The maximum absolute atomic E-state index is 5.54. The maximum Gasteiger partial charge on any atom is 0.148 e. The Balaban J connectivity index is 2.24. The van der Waals surface area contributed by atoms with E-state index in [2.05, 4.69) is 62.6 Å². The summed E-state index contributed by atoms with van der Waals surface area (Å²) >= 11 is 3.48. The van der Waals surface area contributed by atoms with E-state index in [1.165, 1.54) is 5.56 Å². The predicted octanol–water partition coefficient (Wildman–Crippen LogP) is 3.57. The van der Waals surface area contributed by atoms with E-state index in [4.69, 9.17) is 5.84 Å². The highest BCUT2D eigenvalue weighted by Crippen LogP contribution is 2.23. The van der Waals surface area contributed by atoms with Crippen molar-refractivity contribution < 1.29 is 0 Å². The van der Waals surface area contributed by atoms with Gasteiger partial charge < -0.3 is 10.7 Å². The zero-order valence-corrected chi connectivity index (χ0v) is 14.0. The van der Waals surface area contributed by atoms with Crippen LogP contribution in [0.2, 0.25) is 0 Å². The van der Waals surface area contributed by atoms with Crippen LogP contribution in [0.25, 0.3) is 0 Å². The van der Waals surface area contributed by atoms with Gasteiger partial charge in [-0.3, -0.25) is 0 Å². The monoisotopic (exact) mass is 349 g/mol. The summed E-state index contributed by atoms with van der Waals surface area (Å²) in [4.78, 5) is 9.01. The van der Waals surface area contributed by atoms with Gasteiger partial charge >= 0.3 is 0 Å². The van der Waals surface area contributed by atoms with Gasteiger partial charge in [-0.1, -0.05) is 41.9 Å². The van der Waals surface area contributed by atoms with E-state index in [0.29, 0.717) is 12.4 Å². The Kier molecular flexibility index (Phi) is 5.14. The maximum atomic E-state index is 5.54. The van der Waals surface area contributed by atoms with Gasteiger partial charge in [0.25, 0.3) is 0 Å². The molecule has 0 amide bonds. The lowest BCUT2D eigenvalue weighted by molar-refractivity contribution is 0.772. The molecule has 5 nitrogen and oxygen atoms in total. The first kappa shape index (κ1) is 15.7. The molecule has 4 N–H and O–H groups in total. The largest absolute Gasteiger partial charge is 0.366 e. The first-order valence-electron chi connectivity index (χ1n) is 6.84. The lowest BCUT2D eigenvalue weighted by atomic mass is 10.2. The third-order valence-electron chi connectivity index (χ3n) is 3.17. The van der Waals surface area contributed by atoms with E-state index in [9.17, 15) is 0 Å². The SMILES string of the molecule is Cc1c(NN)nc(C(C)C)nc1NCc1cccc(Br)c1. The van der Waals surface area contributed by atoms with Crippen LogP contribution in [0.5, 0.6) is 0 Å². The molecule has 6 heteroatoms. The van der Waals surface area contributed by atoms with Crippen LogP contribution in [0.3, 0.4) is 0 Å². The van der Waals surface area contributed by atoms with Gasteiger partial charge in [0.05, 0.1) is 0 Å². The van der Waals surface area contributed by atoms with Gasteiger partial charge in [0.2, 0.25) is 0 Å². The molecule has 0 aliphatic rings. The van der Waals surface area contributed by atoms with Crippen LogP contribution >= 0.6 is 15.9 Å². The van der Waals surface area contributed by atoms with Gasteiger partial charge in [-0.15, -0.1) is 0 Å². The van der Waals surface area contributed by atoms with Gasteiger partial charge in [0.15, 0.2) is 0 Å². The van der Waals surface area contributed by atoms with E-state index >= 15 is 0 Å². The molecule has 2 rings (SSSR count). The molecule has 0 saturated heterocycles. The fraction of sp³-hybridized carbons (Fsp3) is 0.333. The molecule has 2 aromatic rings. The Bertz CT molecular complexity index is 627. The number of aromatic nitrogens is 2. The van der Waals surface area contributed by atoms with Gasteiger partial charge in [-0.2, -0.15) is 0 Å². The molecule has 1 heterocycles. The summed E-state index contributed by atoms with van der Waals surface area (Å²) in [6.45, 7) is 6.76. The minimum absolute atomic E-state index is 0.240. The number of nitrogens with one attached hydrogen (secondary N) is 2. The number of rotatable bonds is 5. The van der Waals surface area contributed by atoms with Crippen LogP contribution in [0.1, 0.15) is 36.7 Å². The Morgan fingerprint density at radius 1 is 1.24 bits per heavy atom. The summed E-state index contributed by atoms with van der Waals surface area (Å²) in [6.07, 6.45) is 0. The minimum Gasteiger partial charge on any atom is -0.366 e. The van der Waals surface area contributed by atoms with Crippen LogP contribution in [-0.4, -0.2) is 9.97 Å². The van der Waals surface area contributed by atoms with Crippen molar-refractivity contribution in [1.29, 1.82) is 0 Å². The molecule has 0 saturated carbocycles. The van der Waals surface area contributed by atoms with Crippen molar-refractivity contribution in [2.24, 2.45) is 5.84 Å². The molecule has 0 spiro atoms. The number of halogens is 1. The van der Waals surface area contributed by atoms with Crippen molar-refractivity contribution in [2.75, 3.05) is 10.7 Å². The normalized spacial score (nSPS) is 10.8. The molecule has 21 heavy (non-hydrogen) atoms. The van der Waals surface area contributed by atoms with E-state index < -0.39 is 0 Å². The van der Waals surface area contributed by atoms with Gasteiger partial charge in [0, 0.05) is 22.5 Å². The third-order valence-corrected chi connectivity index (χ3v) is 3.66. The molecule has 0 bridgehead atoms. The summed E-state index contributed by atoms with van der Waals surface area (Å²) in [6, 6.07) is 8.17. The summed E-state index contributed by atoms with van der Waals surface area (Å²) in [5, 5.41) is 3.36. The summed E-state index contributed by atoms with van der Waals surface area (Å²) in [5.74, 6) is 8.02. The molecule has 0 radical (unpaired) electrons. The third kappa shape index (κ3) is 3.92. The summed E-state index contributed by atoms with van der Waals surface area (Å²) in [7, 11) is 0. The van der Waals surface area contributed by atoms with Crippen molar-refractivity contribution in [2.45, 2.75) is 33.2 Å². The zero-order chi connectivity index (χ0) is 15.4. The number of anilines is 2. The van der Waals surface area contributed by atoms with Crippen molar-refractivity contribution >= 4 is 27.6 Å². The number of hydrazine groups is 1. The minimum atomic E-state index is 0.240. The first-order chi connectivity index (χ1) is 10.0. The van der Waals surface area contributed by atoms with Crippen molar-refractivity contribution in [3.05, 3.63) is 45.7 Å². The second kappa shape index (κ2) is 6.87. The lowest BCUT2D eigenvalue weighted by Crippen LogP contribution is -2.15. The lowest BCUT2D eigenvalue weighted by Gasteiger charge is -2.15. The molecule has 0 aliphatic heterocycles. The fourth-order valence-electron chi connectivity index (χ4n) is 1.94. The van der Waals surface area contributed by atoms with Crippen LogP contribution in [0, 0.1) is 6.92 Å². The topological polar surface area (TPSA) is 75.9 Å². The Hall–Kier alpha value is -1.66. The van der Waals surface area contributed by atoms with E-state index in [1.54, 1.807) is 0 Å². The second-order valence-corrected chi connectivity index (χ2v) is 6.10. The highest BCUT2D eigenvalue weighted by atomic mass is 79.9. The Morgan fingerprint density at radius 2 is 1.95 bits per heavy atom. The van der Waals surface area contributed by atoms with Crippen molar-refractivity contribution in [1.82, 2.24) is 9.97 Å². The zero-order valence-electron chi connectivity index (χ0n) is 12.4. The van der Waals surface area contributed by atoms with E-state index in [0.717, 1.165) is 21.7 Å². The molecule has 112 valence electrons. The van der Waals surface area contributed by atoms with E-state index in [1.807, 2.05) is 19.1 Å².